The predicted molar refractivity (Wildman–Crippen MR) is 189 cm³/mol. The number of anilines is 3. The fourth-order valence-corrected chi connectivity index (χ4v) is 7.46. The number of benzene rings is 7. The molecule has 0 fully saturated rings. The van der Waals surface area contributed by atoms with Gasteiger partial charge in [0.25, 0.3) is 0 Å². The average molecular weight is 578 g/mol. The molecule has 1 heterocycles. The Morgan fingerprint density at radius 2 is 1.16 bits per heavy atom. The number of nitrogens with zero attached hydrogens (tertiary/aromatic N) is 1. The van der Waals surface area contributed by atoms with Crippen LogP contribution >= 0.6 is 0 Å². The summed E-state index contributed by atoms with van der Waals surface area (Å²) in [7, 11) is 0. The van der Waals surface area contributed by atoms with E-state index >= 15 is 0 Å². The standard InChI is InChI=1S/C43H31NO/c1-43(2)38-20-12-11-19-34(38)36-26-31(21-23-39(36)43)44(30-16-7-4-8-17-30)32-22-24-40-37(27-32)41-33-18-10-9-15-29(33)25-35(42(41)45-40)28-13-5-3-6-14-28/h3-27H,1-2H3. The molecule has 0 amide bonds. The normalized spacial score (nSPS) is 13.3. The summed E-state index contributed by atoms with van der Waals surface area (Å²) in [4.78, 5) is 2.37. The number of fused-ring (bicyclic) bond motifs is 8. The first-order chi connectivity index (χ1) is 22.1. The Hall–Kier alpha value is -5.60. The SMILES string of the molecule is CC1(C)c2ccccc2-c2cc(N(c3ccccc3)c3ccc4oc5c(-c6ccccc6)cc6ccccc6c5c4c3)ccc21. The van der Waals surface area contributed by atoms with Gasteiger partial charge in [0, 0.05) is 38.8 Å². The van der Waals surface area contributed by atoms with Crippen molar-refractivity contribution in [1.82, 2.24) is 0 Å². The predicted octanol–water partition coefficient (Wildman–Crippen LogP) is 12.2. The molecule has 0 atom stereocenters. The number of rotatable bonds is 4. The fourth-order valence-electron chi connectivity index (χ4n) is 7.46. The summed E-state index contributed by atoms with van der Waals surface area (Å²) >= 11 is 0. The van der Waals surface area contributed by atoms with Gasteiger partial charge in [0.15, 0.2) is 0 Å². The van der Waals surface area contributed by atoms with Crippen molar-refractivity contribution in [3.63, 3.8) is 0 Å². The maximum Gasteiger partial charge on any atom is 0.143 e. The fraction of sp³-hybridized carbons (Fsp3) is 0.0698. The van der Waals surface area contributed by atoms with Crippen LogP contribution in [0.25, 0.3) is 55.0 Å². The van der Waals surface area contributed by atoms with Crippen LogP contribution in [-0.2, 0) is 5.41 Å². The van der Waals surface area contributed by atoms with Crippen molar-refractivity contribution in [3.05, 3.63) is 163 Å². The van der Waals surface area contributed by atoms with Gasteiger partial charge in [0.2, 0.25) is 0 Å². The smallest absolute Gasteiger partial charge is 0.143 e. The third kappa shape index (κ3) is 3.89. The molecule has 214 valence electrons. The molecule has 7 aromatic carbocycles. The zero-order valence-corrected chi connectivity index (χ0v) is 25.3. The molecule has 9 rings (SSSR count). The topological polar surface area (TPSA) is 16.4 Å². The molecule has 0 bridgehead atoms. The first-order valence-corrected chi connectivity index (χ1v) is 15.6. The Kier molecular flexibility index (Phi) is 5.58. The van der Waals surface area contributed by atoms with E-state index in [0.29, 0.717) is 0 Å². The second kappa shape index (κ2) is 9.70. The van der Waals surface area contributed by atoms with Gasteiger partial charge < -0.3 is 9.32 Å². The highest BCUT2D eigenvalue weighted by molar-refractivity contribution is 6.23. The van der Waals surface area contributed by atoms with E-state index < -0.39 is 0 Å². The molecule has 1 aliphatic carbocycles. The number of hydrogen-bond acceptors (Lipinski definition) is 2. The Morgan fingerprint density at radius 1 is 0.489 bits per heavy atom. The Labute approximate surface area is 262 Å². The highest BCUT2D eigenvalue weighted by Gasteiger charge is 2.35. The molecule has 0 spiro atoms. The number of para-hydroxylation sites is 1. The minimum absolute atomic E-state index is 0.0336. The molecule has 8 aromatic rings. The van der Waals surface area contributed by atoms with Gasteiger partial charge >= 0.3 is 0 Å². The van der Waals surface area contributed by atoms with Gasteiger partial charge in [0.1, 0.15) is 11.2 Å². The van der Waals surface area contributed by atoms with E-state index in [9.17, 15) is 0 Å². The van der Waals surface area contributed by atoms with Crippen LogP contribution in [-0.4, -0.2) is 0 Å². The zero-order chi connectivity index (χ0) is 30.1. The van der Waals surface area contributed by atoms with Crippen LogP contribution in [0.2, 0.25) is 0 Å². The van der Waals surface area contributed by atoms with Crippen LogP contribution < -0.4 is 4.90 Å². The van der Waals surface area contributed by atoms with Gasteiger partial charge in [-0.25, -0.2) is 0 Å². The molecule has 2 heteroatoms. The summed E-state index contributed by atoms with van der Waals surface area (Å²) < 4.78 is 6.70. The van der Waals surface area contributed by atoms with E-state index in [1.165, 1.54) is 33.0 Å². The van der Waals surface area contributed by atoms with E-state index in [1.807, 2.05) is 0 Å². The Morgan fingerprint density at radius 3 is 2.00 bits per heavy atom. The molecule has 0 N–H and O–H groups in total. The maximum absolute atomic E-state index is 6.70. The maximum atomic E-state index is 6.70. The van der Waals surface area contributed by atoms with Crippen LogP contribution in [0.5, 0.6) is 0 Å². The summed E-state index contributed by atoms with van der Waals surface area (Å²) in [6, 6.07) is 54.6. The third-order valence-corrected chi connectivity index (χ3v) is 9.63. The van der Waals surface area contributed by atoms with Crippen LogP contribution in [0.1, 0.15) is 25.0 Å². The van der Waals surface area contributed by atoms with Crippen molar-refractivity contribution < 1.29 is 4.42 Å². The summed E-state index contributed by atoms with van der Waals surface area (Å²) in [5.41, 5.74) is 12.8. The van der Waals surface area contributed by atoms with E-state index in [1.54, 1.807) is 0 Å². The lowest BCUT2D eigenvalue weighted by molar-refractivity contribution is 0.660. The molecular formula is C43H31NO. The third-order valence-electron chi connectivity index (χ3n) is 9.63. The van der Waals surface area contributed by atoms with Crippen molar-refractivity contribution in [1.29, 1.82) is 0 Å². The average Bonchev–Trinajstić information content (AvgIpc) is 3.58. The van der Waals surface area contributed by atoms with Gasteiger partial charge in [-0.3, -0.25) is 0 Å². The van der Waals surface area contributed by atoms with Crippen LogP contribution in [0, 0.1) is 0 Å². The molecule has 1 aliphatic rings. The van der Waals surface area contributed by atoms with Crippen molar-refractivity contribution >= 4 is 49.8 Å². The minimum Gasteiger partial charge on any atom is -0.455 e. The van der Waals surface area contributed by atoms with Crippen molar-refractivity contribution in [3.8, 4) is 22.3 Å². The first-order valence-electron chi connectivity index (χ1n) is 15.6. The highest BCUT2D eigenvalue weighted by Crippen LogP contribution is 2.51. The monoisotopic (exact) mass is 577 g/mol. The minimum atomic E-state index is -0.0336. The van der Waals surface area contributed by atoms with Gasteiger partial charge in [-0.15, -0.1) is 0 Å². The van der Waals surface area contributed by atoms with Crippen molar-refractivity contribution in [2.45, 2.75) is 19.3 Å². The van der Waals surface area contributed by atoms with Gasteiger partial charge in [0.05, 0.1) is 0 Å². The summed E-state index contributed by atoms with van der Waals surface area (Å²) in [6.45, 7) is 4.66. The molecule has 0 radical (unpaired) electrons. The number of furan rings is 1. The van der Waals surface area contributed by atoms with Gasteiger partial charge in [-0.1, -0.05) is 117 Å². The van der Waals surface area contributed by atoms with Crippen LogP contribution in [0.3, 0.4) is 0 Å². The first kappa shape index (κ1) is 25.9. The Bertz CT molecular complexity index is 2400. The van der Waals surface area contributed by atoms with Crippen LogP contribution in [0.15, 0.2) is 156 Å². The van der Waals surface area contributed by atoms with Crippen molar-refractivity contribution in [2.75, 3.05) is 4.90 Å². The molecule has 0 saturated carbocycles. The van der Waals surface area contributed by atoms with E-state index in [2.05, 4.69) is 170 Å². The second-order valence-electron chi connectivity index (χ2n) is 12.6. The molecule has 1 aromatic heterocycles. The van der Waals surface area contributed by atoms with E-state index in [0.717, 1.165) is 50.1 Å². The molecule has 2 nitrogen and oxygen atoms in total. The molecule has 0 unspecified atom stereocenters. The molecule has 0 aliphatic heterocycles. The van der Waals surface area contributed by atoms with Crippen LogP contribution in [0.4, 0.5) is 17.1 Å². The molecular weight excluding hydrogens is 546 g/mol. The lowest BCUT2D eigenvalue weighted by atomic mass is 9.82. The van der Waals surface area contributed by atoms with Gasteiger partial charge in [-0.05, 0) is 87.1 Å². The summed E-state index contributed by atoms with van der Waals surface area (Å²) in [6.07, 6.45) is 0. The second-order valence-corrected chi connectivity index (χ2v) is 12.6. The lowest BCUT2D eigenvalue weighted by Crippen LogP contribution is -2.15. The Balaban J connectivity index is 1.30. The summed E-state index contributed by atoms with van der Waals surface area (Å²) in [5.74, 6) is 0. The quantitative estimate of drug-likeness (QED) is 0.207. The van der Waals surface area contributed by atoms with E-state index in [-0.39, 0.29) is 5.41 Å². The highest BCUT2D eigenvalue weighted by atomic mass is 16.3. The molecule has 45 heavy (non-hydrogen) atoms. The van der Waals surface area contributed by atoms with Crippen molar-refractivity contribution in [2.24, 2.45) is 0 Å². The largest absolute Gasteiger partial charge is 0.455 e. The lowest BCUT2D eigenvalue weighted by Gasteiger charge is -2.27. The molecule has 0 saturated heterocycles. The summed E-state index contributed by atoms with van der Waals surface area (Å²) in [5, 5.41) is 4.67. The zero-order valence-electron chi connectivity index (χ0n) is 25.3. The van der Waals surface area contributed by atoms with E-state index in [4.69, 9.17) is 4.42 Å². The number of hydrogen-bond donors (Lipinski definition) is 0. The van der Waals surface area contributed by atoms with Gasteiger partial charge in [-0.2, -0.15) is 0 Å².